The van der Waals surface area contributed by atoms with E-state index in [-0.39, 0.29) is 17.8 Å². The van der Waals surface area contributed by atoms with Gasteiger partial charge in [-0.2, -0.15) is 0 Å². The van der Waals surface area contributed by atoms with Crippen molar-refractivity contribution in [1.82, 2.24) is 14.8 Å². The number of halogens is 4. The molecule has 1 saturated carbocycles. The van der Waals surface area contributed by atoms with E-state index in [2.05, 4.69) is 10.1 Å². The van der Waals surface area contributed by atoms with E-state index >= 15 is 0 Å². The average Bonchev–Trinajstić information content (AvgIpc) is 3.17. The van der Waals surface area contributed by atoms with Gasteiger partial charge in [-0.3, -0.25) is 0 Å². The highest BCUT2D eigenvalue weighted by Crippen LogP contribution is 2.40. The van der Waals surface area contributed by atoms with E-state index in [1.54, 1.807) is 0 Å². The highest BCUT2D eigenvalue weighted by molar-refractivity contribution is 5.83. The van der Waals surface area contributed by atoms with Crippen LogP contribution in [0.15, 0.2) is 6.07 Å². The van der Waals surface area contributed by atoms with Gasteiger partial charge in [0.2, 0.25) is 0 Å². The standard InChI is InChI=1S/C12H7F4N3O2/c13-5-3-6(14)8(16)9(7(5)15)19-11(4-1-2-4)17-10(18-19)12(20)21/h3-4H,1-2H2,(H,20,21). The summed E-state index contributed by atoms with van der Waals surface area (Å²) >= 11 is 0. The van der Waals surface area contributed by atoms with E-state index in [0.29, 0.717) is 17.5 Å². The number of hydrogen-bond acceptors (Lipinski definition) is 3. The van der Waals surface area contributed by atoms with Gasteiger partial charge >= 0.3 is 5.97 Å². The highest BCUT2D eigenvalue weighted by Gasteiger charge is 2.34. The van der Waals surface area contributed by atoms with Gasteiger partial charge in [0, 0.05) is 12.0 Å². The van der Waals surface area contributed by atoms with Crippen LogP contribution in [0.5, 0.6) is 0 Å². The lowest BCUT2D eigenvalue weighted by Crippen LogP contribution is -2.11. The minimum absolute atomic E-state index is 0.0322. The first-order valence-electron chi connectivity index (χ1n) is 5.93. The molecule has 0 aliphatic heterocycles. The summed E-state index contributed by atoms with van der Waals surface area (Å²) < 4.78 is 54.6. The molecule has 0 spiro atoms. The molecular formula is C12H7F4N3O2. The molecule has 1 aliphatic rings. The van der Waals surface area contributed by atoms with Gasteiger partial charge in [0.05, 0.1) is 0 Å². The quantitative estimate of drug-likeness (QED) is 0.698. The summed E-state index contributed by atoms with van der Waals surface area (Å²) in [5.74, 6) is -8.98. The maximum absolute atomic E-state index is 13.8. The van der Waals surface area contributed by atoms with Crippen molar-refractivity contribution in [2.75, 3.05) is 0 Å². The van der Waals surface area contributed by atoms with Crippen molar-refractivity contribution in [3.05, 3.63) is 41.0 Å². The fourth-order valence-corrected chi connectivity index (χ4v) is 1.93. The van der Waals surface area contributed by atoms with Crippen molar-refractivity contribution in [1.29, 1.82) is 0 Å². The predicted octanol–water partition coefficient (Wildman–Crippen LogP) is 2.40. The van der Waals surface area contributed by atoms with Gasteiger partial charge in [-0.05, 0) is 12.8 Å². The van der Waals surface area contributed by atoms with Gasteiger partial charge in [-0.25, -0.2) is 32.0 Å². The number of aromatic carboxylic acids is 1. The lowest BCUT2D eigenvalue weighted by molar-refractivity contribution is 0.0683. The Kier molecular flexibility index (Phi) is 2.92. The Bertz CT molecular complexity index is 729. The van der Waals surface area contributed by atoms with Crippen molar-refractivity contribution in [3.63, 3.8) is 0 Å². The molecule has 5 nitrogen and oxygen atoms in total. The van der Waals surface area contributed by atoms with Gasteiger partial charge in [-0.15, -0.1) is 5.10 Å². The number of nitrogens with zero attached hydrogens (tertiary/aromatic N) is 3. The summed E-state index contributed by atoms with van der Waals surface area (Å²) in [6.45, 7) is 0. The molecule has 0 saturated heterocycles. The van der Waals surface area contributed by atoms with Gasteiger partial charge in [0.15, 0.2) is 23.3 Å². The molecule has 2 aromatic rings. The Morgan fingerprint density at radius 2 is 1.76 bits per heavy atom. The van der Waals surface area contributed by atoms with E-state index in [1.807, 2.05) is 0 Å². The Labute approximate surface area is 114 Å². The molecule has 0 radical (unpaired) electrons. The van der Waals surface area contributed by atoms with E-state index < -0.39 is 40.7 Å². The van der Waals surface area contributed by atoms with Crippen LogP contribution < -0.4 is 0 Å². The lowest BCUT2D eigenvalue weighted by atomic mass is 10.2. The maximum Gasteiger partial charge on any atom is 0.375 e. The van der Waals surface area contributed by atoms with Gasteiger partial charge in [0.25, 0.3) is 5.82 Å². The Balaban J connectivity index is 2.27. The van der Waals surface area contributed by atoms with E-state index in [1.165, 1.54) is 0 Å². The lowest BCUT2D eigenvalue weighted by Gasteiger charge is -2.08. The summed E-state index contributed by atoms with van der Waals surface area (Å²) in [4.78, 5) is 14.5. The third-order valence-electron chi connectivity index (χ3n) is 3.07. The number of carboxylic acids is 1. The summed E-state index contributed by atoms with van der Waals surface area (Å²) in [7, 11) is 0. The number of aromatic nitrogens is 3. The van der Waals surface area contributed by atoms with Crippen LogP contribution in [0.3, 0.4) is 0 Å². The molecule has 1 fully saturated rings. The van der Waals surface area contributed by atoms with Gasteiger partial charge in [-0.1, -0.05) is 0 Å². The SMILES string of the molecule is O=C(O)c1nc(C2CC2)n(-c2c(F)c(F)cc(F)c2F)n1. The number of rotatable bonds is 3. The second-order valence-corrected chi connectivity index (χ2v) is 4.60. The first-order valence-corrected chi connectivity index (χ1v) is 5.93. The number of carbonyl (C=O) groups is 1. The fourth-order valence-electron chi connectivity index (χ4n) is 1.93. The zero-order valence-electron chi connectivity index (χ0n) is 10.3. The van der Waals surface area contributed by atoms with Crippen LogP contribution in [0, 0.1) is 23.3 Å². The minimum Gasteiger partial charge on any atom is -0.475 e. The van der Waals surface area contributed by atoms with Crippen LogP contribution in [-0.2, 0) is 0 Å². The van der Waals surface area contributed by atoms with E-state index in [9.17, 15) is 22.4 Å². The molecule has 9 heteroatoms. The summed E-state index contributed by atoms with van der Waals surface area (Å²) in [6, 6.07) is 0.0694. The summed E-state index contributed by atoms with van der Waals surface area (Å²) in [5, 5.41) is 12.3. The van der Waals surface area contributed by atoms with Crippen LogP contribution in [-0.4, -0.2) is 25.8 Å². The van der Waals surface area contributed by atoms with Crippen LogP contribution in [0.25, 0.3) is 5.69 Å². The summed E-state index contributed by atoms with van der Waals surface area (Å²) in [5.41, 5.74) is -1.10. The third kappa shape index (κ3) is 2.14. The zero-order chi connectivity index (χ0) is 15.3. The first kappa shape index (κ1) is 13.5. The molecule has 0 unspecified atom stereocenters. The molecule has 1 heterocycles. The van der Waals surface area contributed by atoms with E-state index in [4.69, 9.17) is 5.11 Å². The number of benzene rings is 1. The Morgan fingerprint density at radius 3 is 2.24 bits per heavy atom. The second-order valence-electron chi connectivity index (χ2n) is 4.60. The average molecular weight is 301 g/mol. The molecule has 1 aromatic heterocycles. The molecule has 0 bridgehead atoms. The van der Waals surface area contributed by atoms with Crippen molar-refractivity contribution in [3.8, 4) is 5.69 Å². The van der Waals surface area contributed by atoms with Crippen molar-refractivity contribution in [2.45, 2.75) is 18.8 Å². The monoisotopic (exact) mass is 301 g/mol. The molecule has 1 aliphatic carbocycles. The molecule has 1 N–H and O–H groups in total. The van der Waals surface area contributed by atoms with Gasteiger partial charge < -0.3 is 5.11 Å². The zero-order valence-corrected chi connectivity index (χ0v) is 10.3. The van der Waals surface area contributed by atoms with Crippen LogP contribution >= 0.6 is 0 Å². The van der Waals surface area contributed by atoms with Crippen molar-refractivity contribution < 1.29 is 27.5 Å². The van der Waals surface area contributed by atoms with E-state index in [0.717, 1.165) is 0 Å². The van der Waals surface area contributed by atoms with Gasteiger partial charge in [0.1, 0.15) is 11.5 Å². The van der Waals surface area contributed by atoms with Crippen molar-refractivity contribution in [2.24, 2.45) is 0 Å². The largest absolute Gasteiger partial charge is 0.475 e. The molecule has 0 atom stereocenters. The Morgan fingerprint density at radius 1 is 1.19 bits per heavy atom. The number of carboxylic acid groups (broad SMARTS) is 1. The van der Waals surface area contributed by atoms with Crippen molar-refractivity contribution >= 4 is 5.97 Å². The minimum atomic E-state index is -1.65. The third-order valence-corrected chi connectivity index (χ3v) is 3.07. The fraction of sp³-hybridized carbons (Fsp3) is 0.250. The molecular weight excluding hydrogens is 294 g/mol. The topological polar surface area (TPSA) is 68.0 Å². The molecule has 110 valence electrons. The highest BCUT2D eigenvalue weighted by atomic mass is 19.2. The van der Waals surface area contributed by atoms with Crippen LogP contribution in [0.4, 0.5) is 17.6 Å². The predicted molar refractivity (Wildman–Crippen MR) is 60.1 cm³/mol. The molecule has 3 rings (SSSR count). The molecule has 0 amide bonds. The van der Waals surface area contributed by atoms with Crippen LogP contribution in [0.1, 0.15) is 35.2 Å². The molecule has 1 aromatic carbocycles. The van der Waals surface area contributed by atoms with Crippen LogP contribution in [0.2, 0.25) is 0 Å². The normalized spacial score (nSPS) is 14.5. The number of hydrogen-bond donors (Lipinski definition) is 1. The maximum atomic E-state index is 13.8. The smallest absolute Gasteiger partial charge is 0.375 e. The Hall–Kier alpha value is -2.45. The molecule has 21 heavy (non-hydrogen) atoms. The first-order chi connectivity index (χ1) is 9.90. The summed E-state index contributed by atoms with van der Waals surface area (Å²) in [6.07, 6.45) is 1.25. The second kappa shape index (κ2) is 4.54.